The van der Waals surface area contributed by atoms with Crippen LogP contribution >= 0.6 is 0 Å². The lowest BCUT2D eigenvalue weighted by Gasteiger charge is -2.18. The topological polar surface area (TPSA) is 40.5 Å². The predicted molar refractivity (Wildman–Crippen MR) is 142 cm³/mol. The van der Waals surface area contributed by atoms with Crippen molar-refractivity contribution in [3.63, 3.8) is 0 Å². The molecule has 0 bridgehead atoms. The number of hydrogen-bond donors (Lipinski definition) is 0. The molecule has 0 saturated heterocycles. The molecular weight excluding hydrogens is 434 g/mol. The van der Waals surface area contributed by atoms with Gasteiger partial charge in [0.15, 0.2) is 0 Å². The summed E-state index contributed by atoms with van der Waals surface area (Å²) in [6.07, 6.45) is 0. The summed E-state index contributed by atoms with van der Waals surface area (Å²) in [6.45, 7) is 4.63. The first-order chi connectivity index (χ1) is 17.0. The lowest BCUT2D eigenvalue weighted by Crippen LogP contribution is -2.23. The van der Waals surface area contributed by atoms with Crippen LogP contribution in [0.15, 0.2) is 102 Å². The van der Waals surface area contributed by atoms with Gasteiger partial charge in [0.2, 0.25) is 0 Å². The van der Waals surface area contributed by atoms with Crippen LogP contribution in [-0.4, -0.2) is 11.7 Å². The molecule has 0 saturated carbocycles. The third-order valence-corrected chi connectivity index (χ3v) is 6.28. The molecule has 0 aliphatic carbocycles. The van der Waals surface area contributed by atoms with E-state index in [0.29, 0.717) is 17.7 Å². The SMILES string of the molecule is COc1cccc2cc(-c3ccc(Oc4ccccc4)cc3)n(Cc3ccc(C)cc3C)c(=O)c12. The van der Waals surface area contributed by atoms with Crippen LogP contribution in [0.2, 0.25) is 0 Å². The minimum absolute atomic E-state index is 0.0699. The minimum Gasteiger partial charge on any atom is -0.496 e. The van der Waals surface area contributed by atoms with Gasteiger partial charge in [-0.1, -0.05) is 54.1 Å². The lowest BCUT2D eigenvalue weighted by molar-refractivity contribution is 0.419. The van der Waals surface area contributed by atoms with Gasteiger partial charge in [0.05, 0.1) is 24.7 Å². The Morgan fingerprint density at radius 1 is 0.771 bits per heavy atom. The first kappa shape index (κ1) is 22.5. The fourth-order valence-corrected chi connectivity index (χ4v) is 4.44. The van der Waals surface area contributed by atoms with Gasteiger partial charge in [-0.3, -0.25) is 4.79 Å². The summed E-state index contributed by atoms with van der Waals surface area (Å²) in [6, 6.07) is 31.7. The number of hydrogen-bond acceptors (Lipinski definition) is 3. The van der Waals surface area contributed by atoms with Gasteiger partial charge in [0.1, 0.15) is 17.2 Å². The standard InChI is InChI=1S/C31H27NO3/c1-21-12-13-25(22(2)18-21)20-32-28(19-24-8-7-11-29(34-3)30(24)31(32)33)23-14-16-27(17-15-23)35-26-9-5-4-6-10-26/h4-19H,20H2,1-3H3. The number of aromatic nitrogens is 1. The average Bonchev–Trinajstić information content (AvgIpc) is 2.87. The van der Waals surface area contributed by atoms with Crippen LogP contribution < -0.4 is 15.0 Å². The molecule has 4 aromatic carbocycles. The van der Waals surface area contributed by atoms with E-state index < -0.39 is 0 Å². The van der Waals surface area contributed by atoms with Crippen molar-refractivity contribution in [2.75, 3.05) is 7.11 Å². The Balaban J connectivity index is 1.63. The molecule has 5 rings (SSSR count). The molecule has 4 heteroatoms. The number of benzene rings is 4. The molecule has 0 radical (unpaired) electrons. The smallest absolute Gasteiger partial charge is 0.262 e. The largest absolute Gasteiger partial charge is 0.496 e. The van der Waals surface area contributed by atoms with Crippen LogP contribution in [-0.2, 0) is 6.54 Å². The van der Waals surface area contributed by atoms with Crippen LogP contribution in [0, 0.1) is 13.8 Å². The maximum atomic E-state index is 13.9. The molecule has 0 aliphatic rings. The molecule has 0 spiro atoms. The molecule has 1 heterocycles. The summed E-state index contributed by atoms with van der Waals surface area (Å²) in [5, 5.41) is 1.44. The number of para-hydroxylation sites is 1. The zero-order valence-corrected chi connectivity index (χ0v) is 20.1. The molecule has 5 aromatic rings. The van der Waals surface area contributed by atoms with Crippen molar-refractivity contribution in [1.82, 2.24) is 4.57 Å². The van der Waals surface area contributed by atoms with Gasteiger partial charge in [0.25, 0.3) is 5.56 Å². The lowest BCUT2D eigenvalue weighted by atomic mass is 10.0. The van der Waals surface area contributed by atoms with Crippen molar-refractivity contribution < 1.29 is 9.47 Å². The minimum atomic E-state index is -0.0699. The monoisotopic (exact) mass is 461 g/mol. The molecular formula is C31H27NO3. The molecule has 1 aromatic heterocycles. The van der Waals surface area contributed by atoms with Gasteiger partial charge in [-0.2, -0.15) is 0 Å². The summed E-state index contributed by atoms with van der Waals surface area (Å²) in [7, 11) is 1.60. The molecule has 0 aliphatic heterocycles. The first-order valence-electron chi connectivity index (χ1n) is 11.6. The van der Waals surface area contributed by atoms with Gasteiger partial charge in [-0.05, 0) is 84.5 Å². The van der Waals surface area contributed by atoms with E-state index in [1.807, 2.05) is 77.4 Å². The normalized spacial score (nSPS) is 10.9. The predicted octanol–water partition coefficient (Wildman–Crippen LogP) is 7.13. The Morgan fingerprint density at radius 3 is 2.23 bits per heavy atom. The zero-order valence-electron chi connectivity index (χ0n) is 20.1. The van der Waals surface area contributed by atoms with E-state index in [1.54, 1.807) is 7.11 Å². The molecule has 35 heavy (non-hydrogen) atoms. The number of fused-ring (bicyclic) bond motifs is 1. The van der Waals surface area contributed by atoms with E-state index in [9.17, 15) is 4.79 Å². The van der Waals surface area contributed by atoms with Crippen molar-refractivity contribution in [3.8, 4) is 28.5 Å². The highest BCUT2D eigenvalue weighted by atomic mass is 16.5. The Morgan fingerprint density at radius 2 is 1.51 bits per heavy atom. The van der Waals surface area contributed by atoms with E-state index in [4.69, 9.17) is 9.47 Å². The summed E-state index contributed by atoms with van der Waals surface area (Å²) < 4.78 is 13.3. The summed E-state index contributed by atoms with van der Waals surface area (Å²) in [5.74, 6) is 2.11. The molecule has 0 unspecified atom stereocenters. The molecule has 0 atom stereocenters. The highest BCUT2D eigenvalue weighted by Crippen LogP contribution is 2.30. The van der Waals surface area contributed by atoms with Crippen molar-refractivity contribution in [2.24, 2.45) is 0 Å². The number of ether oxygens (including phenoxy) is 2. The van der Waals surface area contributed by atoms with Gasteiger partial charge in [0, 0.05) is 0 Å². The molecule has 4 nitrogen and oxygen atoms in total. The fraction of sp³-hybridized carbons (Fsp3) is 0.129. The van der Waals surface area contributed by atoms with Crippen LogP contribution in [0.5, 0.6) is 17.2 Å². The maximum Gasteiger partial charge on any atom is 0.262 e. The summed E-state index contributed by atoms with van der Waals surface area (Å²) in [5.41, 5.74) is 5.19. The van der Waals surface area contributed by atoms with E-state index >= 15 is 0 Å². The van der Waals surface area contributed by atoms with E-state index in [-0.39, 0.29) is 5.56 Å². The average molecular weight is 462 g/mol. The van der Waals surface area contributed by atoms with Gasteiger partial charge < -0.3 is 14.0 Å². The van der Waals surface area contributed by atoms with Gasteiger partial charge >= 0.3 is 0 Å². The molecule has 0 amide bonds. The quantitative estimate of drug-likeness (QED) is 0.270. The molecule has 0 N–H and O–H groups in total. The Hall–Kier alpha value is -4.31. The van der Waals surface area contributed by atoms with Crippen LogP contribution in [0.25, 0.3) is 22.0 Å². The number of rotatable bonds is 6. The Bertz CT molecular complexity index is 1550. The number of aryl methyl sites for hydroxylation is 2. The van der Waals surface area contributed by atoms with Gasteiger partial charge in [-0.15, -0.1) is 0 Å². The third kappa shape index (κ3) is 4.56. The summed E-state index contributed by atoms with van der Waals surface area (Å²) in [4.78, 5) is 13.9. The van der Waals surface area contributed by atoms with Crippen LogP contribution in [0.3, 0.4) is 0 Å². The van der Waals surface area contributed by atoms with Crippen molar-refractivity contribution >= 4 is 10.8 Å². The van der Waals surface area contributed by atoms with Crippen LogP contribution in [0.4, 0.5) is 0 Å². The molecule has 174 valence electrons. The fourth-order valence-electron chi connectivity index (χ4n) is 4.44. The highest BCUT2D eigenvalue weighted by Gasteiger charge is 2.16. The second kappa shape index (κ2) is 9.51. The van der Waals surface area contributed by atoms with Crippen LogP contribution in [0.1, 0.15) is 16.7 Å². The third-order valence-electron chi connectivity index (χ3n) is 6.28. The Labute approximate surface area is 205 Å². The second-order valence-electron chi connectivity index (χ2n) is 8.71. The number of nitrogens with zero attached hydrogens (tertiary/aromatic N) is 1. The first-order valence-corrected chi connectivity index (χ1v) is 11.6. The van der Waals surface area contributed by atoms with E-state index in [0.717, 1.165) is 39.3 Å². The van der Waals surface area contributed by atoms with E-state index in [2.05, 4.69) is 38.1 Å². The number of methoxy groups -OCH3 is 1. The maximum absolute atomic E-state index is 13.9. The highest BCUT2D eigenvalue weighted by molar-refractivity contribution is 5.90. The van der Waals surface area contributed by atoms with Crippen molar-refractivity contribution in [1.29, 1.82) is 0 Å². The van der Waals surface area contributed by atoms with E-state index in [1.165, 1.54) is 5.56 Å². The Kier molecular flexibility index (Phi) is 6.11. The van der Waals surface area contributed by atoms with Crippen molar-refractivity contribution in [3.05, 3.63) is 124 Å². The number of pyridine rings is 1. The van der Waals surface area contributed by atoms with Crippen molar-refractivity contribution in [2.45, 2.75) is 20.4 Å². The summed E-state index contributed by atoms with van der Waals surface area (Å²) >= 11 is 0. The second-order valence-corrected chi connectivity index (χ2v) is 8.71. The molecule has 0 fully saturated rings. The zero-order chi connectivity index (χ0) is 24.4. The van der Waals surface area contributed by atoms with Gasteiger partial charge in [-0.25, -0.2) is 0 Å².